The molecule has 4 bridgehead atoms. The van der Waals surface area contributed by atoms with Crippen molar-refractivity contribution in [2.24, 2.45) is 17.8 Å². The summed E-state index contributed by atoms with van der Waals surface area (Å²) < 4.78 is 4.87. The Labute approximate surface area is 225 Å². The summed E-state index contributed by atoms with van der Waals surface area (Å²) in [6, 6.07) is 23.9. The number of nitrogens with one attached hydrogen (secondary N) is 2. The second kappa shape index (κ2) is 10.3. The average Bonchev–Trinajstić information content (AvgIpc) is 2.92. The predicted molar refractivity (Wildman–Crippen MR) is 151 cm³/mol. The standard InChI is InChI=1S/C33H36N2O3/c1-38-32(37)29-4-2-3-5-30(29)34-27-11-6-22(7-12-27)8-15-31(36)35-28-13-9-26(10-14-28)33-19-23-16-24(20-33)18-25(17-23)21-33/h2-7,9-14,23-25,34H,8,15-21H2,1H3,(H,35,36). The summed E-state index contributed by atoms with van der Waals surface area (Å²) in [4.78, 5) is 24.7. The van der Waals surface area contributed by atoms with Crippen molar-refractivity contribution >= 4 is 28.9 Å². The fourth-order valence-electron chi connectivity index (χ4n) is 7.64. The van der Waals surface area contributed by atoms with Crippen LogP contribution < -0.4 is 10.6 Å². The fraction of sp³-hybridized carbons (Fsp3) is 0.394. The zero-order valence-electron chi connectivity index (χ0n) is 22.0. The molecule has 3 aromatic carbocycles. The van der Waals surface area contributed by atoms with Crippen LogP contribution >= 0.6 is 0 Å². The second-order valence-corrected chi connectivity index (χ2v) is 11.7. The molecule has 0 saturated heterocycles. The molecule has 0 unspecified atom stereocenters. The van der Waals surface area contributed by atoms with Crippen molar-refractivity contribution in [2.75, 3.05) is 17.7 Å². The lowest BCUT2D eigenvalue weighted by molar-refractivity contribution is -0.116. The molecule has 0 spiro atoms. The lowest BCUT2D eigenvalue weighted by Crippen LogP contribution is -2.48. The molecule has 5 heteroatoms. The third-order valence-electron chi connectivity index (χ3n) is 9.03. The molecule has 0 aromatic heterocycles. The zero-order valence-corrected chi connectivity index (χ0v) is 22.0. The molecule has 7 rings (SSSR count). The van der Waals surface area contributed by atoms with Gasteiger partial charge in [0, 0.05) is 17.8 Å². The Hall–Kier alpha value is -3.60. The van der Waals surface area contributed by atoms with E-state index in [0.29, 0.717) is 29.5 Å². The minimum absolute atomic E-state index is 0.0294. The number of anilines is 3. The van der Waals surface area contributed by atoms with Gasteiger partial charge in [-0.2, -0.15) is 0 Å². The van der Waals surface area contributed by atoms with E-state index in [0.717, 1.165) is 34.7 Å². The number of ether oxygens (including phenoxy) is 1. The second-order valence-electron chi connectivity index (χ2n) is 11.7. The van der Waals surface area contributed by atoms with Crippen molar-refractivity contribution in [3.63, 3.8) is 0 Å². The van der Waals surface area contributed by atoms with Gasteiger partial charge in [0.05, 0.1) is 18.4 Å². The van der Waals surface area contributed by atoms with Gasteiger partial charge < -0.3 is 15.4 Å². The largest absolute Gasteiger partial charge is 0.465 e. The maximum Gasteiger partial charge on any atom is 0.339 e. The number of benzene rings is 3. The predicted octanol–water partition coefficient (Wildman–Crippen LogP) is 7.26. The summed E-state index contributed by atoms with van der Waals surface area (Å²) in [7, 11) is 1.38. The topological polar surface area (TPSA) is 67.4 Å². The smallest absolute Gasteiger partial charge is 0.339 e. The van der Waals surface area contributed by atoms with Crippen molar-refractivity contribution in [3.05, 3.63) is 89.5 Å². The lowest BCUT2D eigenvalue weighted by Gasteiger charge is -2.57. The number of carbonyl (C=O) groups is 2. The first kappa shape index (κ1) is 24.7. The monoisotopic (exact) mass is 508 g/mol. The van der Waals surface area contributed by atoms with Gasteiger partial charge in [-0.05, 0) is 116 Å². The molecular formula is C33H36N2O3. The van der Waals surface area contributed by atoms with Gasteiger partial charge in [-0.3, -0.25) is 4.79 Å². The van der Waals surface area contributed by atoms with Crippen molar-refractivity contribution in [1.29, 1.82) is 0 Å². The first-order chi connectivity index (χ1) is 18.5. The molecule has 0 atom stereocenters. The van der Waals surface area contributed by atoms with Gasteiger partial charge in [0.2, 0.25) is 5.91 Å². The number of amides is 1. The third-order valence-corrected chi connectivity index (χ3v) is 9.03. The quantitative estimate of drug-likeness (QED) is 0.314. The molecule has 4 aliphatic carbocycles. The highest BCUT2D eigenvalue weighted by atomic mass is 16.5. The molecule has 4 saturated carbocycles. The lowest BCUT2D eigenvalue weighted by atomic mass is 9.48. The fourth-order valence-corrected chi connectivity index (χ4v) is 7.64. The van der Waals surface area contributed by atoms with E-state index >= 15 is 0 Å². The average molecular weight is 509 g/mol. The van der Waals surface area contributed by atoms with Crippen LogP contribution in [0.4, 0.5) is 17.1 Å². The number of para-hydroxylation sites is 1. The van der Waals surface area contributed by atoms with E-state index in [4.69, 9.17) is 4.74 Å². The Morgan fingerprint density at radius 2 is 1.42 bits per heavy atom. The van der Waals surface area contributed by atoms with Crippen LogP contribution in [0, 0.1) is 17.8 Å². The number of rotatable bonds is 8. The molecule has 4 aliphatic rings. The summed E-state index contributed by atoms with van der Waals surface area (Å²) >= 11 is 0. The van der Waals surface area contributed by atoms with E-state index in [1.807, 2.05) is 42.5 Å². The molecule has 2 N–H and O–H groups in total. The summed E-state index contributed by atoms with van der Waals surface area (Å²) in [5, 5.41) is 6.36. The van der Waals surface area contributed by atoms with Crippen molar-refractivity contribution in [1.82, 2.24) is 0 Å². The van der Waals surface area contributed by atoms with Crippen molar-refractivity contribution in [2.45, 2.75) is 56.8 Å². The molecule has 0 heterocycles. The van der Waals surface area contributed by atoms with Gasteiger partial charge in [-0.1, -0.05) is 36.4 Å². The molecule has 1 amide bonds. The highest BCUT2D eigenvalue weighted by molar-refractivity contribution is 5.96. The van der Waals surface area contributed by atoms with E-state index in [-0.39, 0.29) is 11.9 Å². The zero-order chi connectivity index (χ0) is 26.1. The number of aryl methyl sites for hydroxylation is 1. The molecular weight excluding hydrogens is 472 g/mol. The van der Waals surface area contributed by atoms with E-state index in [2.05, 4.69) is 34.9 Å². The SMILES string of the molecule is COC(=O)c1ccccc1Nc1ccc(CCC(=O)Nc2ccc(C34CC5CC(CC(C5)C3)C4)cc2)cc1. The highest BCUT2D eigenvalue weighted by Crippen LogP contribution is 2.60. The highest BCUT2D eigenvalue weighted by Gasteiger charge is 2.51. The van der Waals surface area contributed by atoms with Crippen LogP contribution in [0.1, 0.15) is 66.4 Å². The van der Waals surface area contributed by atoms with Gasteiger partial charge >= 0.3 is 5.97 Å². The summed E-state index contributed by atoms with van der Waals surface area (Å²) in [5.74, 6) is 2.45. The number of esters is 1. The maximum atomic E-state index is 12.7. The minimum Gasteiger partial charge on any atom is -0.465 e. The number of methoxy groups -OCH3 is 1. The summed E-state index contributed by atoms with van der Waals surface area (Å²) in [6.07, 6.45) is 9.53. The molecule has 3 aromatic rings. The van der Waals surface area contributed by atoms with E-state index in [1.165, 1.54) is 51.2 Å². The van der Waals surface area contributed by atoms with Crippen LogP contribution in [0.3, 0.4) is 0 Å². The third kappa shape index (κ3) is 5.07. The van der Waals surface area contributed by atoms with Crippen LogP contribution in [0.5, 0.6) is 0 Å². The molecule has 5 nitrogen and oxygen atoms in total. The molecule has 0 radical (unpaired) electrons. The summed E-state index contributed by atoms with van der Waals surface area (Å²) in [6.45, 7) is 0. The van der Waals surface area contributed by atoms with Crippen LogP contribution in [0.15, 0.2) is 72.8 Å². The van der Waals surface area contributed by atoms with Gasteiger partial charge in [0.1, 0.15) is 0 Å². The molecule has 0 aliphatic heterocycles. The minimum atomic E-state index is -0.377. The van der Waals surface area contributed by atoms with Gasteiger partial charge in [-0.15, -0.1) is 0 Å². The number of hydrogen-bond donors (Lipinski definition) is 2. The Morgan fingerprint density at radius 3 is 2.05 bits per heavy atom. The van der Waals surface area contributed by atoms with Gasteiger partial charge in [-0.25, -0.2) is 4.79 Å². The maximum absolute atomic E-state index is 12.7. The van der Waals surface area contributed by atoms with Crippen LogP contribution in [-0.2, 0) is 21.4 Å². The van der Waals surface area contributed by atoms with E-state index < -0.39 is 0 Å². The van der Waals surface area contributed by atoms with Crippen molar-refractivity contribution < 1.29 is 14.3 Å². The normalized spacial score (nSPS) is 25.1. The van der Waals surface area contributed by atoms with Gasteiger partial charge in [0.25, 0.3) is 0 Å². The Balaban J connectivity index is 1.02. The van der Waals surface area contributed by atoms with Crippen LogP contribution in [-0.4, -0.2) is 19.0 Å². The number of carbonyl (C=O) groups excluding carboxylic acids is 2. The first-order valence-electron chi connectivity index (χ1n) is 13.9. The van der Waals surface area contributed by atoms with Crippen LogP contribution in [0.25, 0.3) is 0 Å². The Bertz CT molecular complexity index is 1280. The molecule has 38 heavy (non-hydrogen) atoms. The Morgan fingerprint density at radius 1 is 0.816 bits per heavy atom. The summed E-state index contributed by atoms with van der Waals surface area (Å²) in [5.41, 5.74) is 5.89. The first-order valence-corrected chi connectivity index (χ1v) is 13.9. The van der Waals surface area contributed by atoms with Gasteiger partial charge in [0.15, 0.2) is 0 Å². The Kier molecular flexibility index (Phi) is 6.69. The molecule has 196 valence electrons. The van der Waals surface area contributed by atoms with E-state index in [1.54, 1.807) is 6.07 Å². The molecule has 4 fully saturated rings. The van der Waals surface area contributed by atoms with Crippen LogP contribution in [0.2, 0.25) is 0 Å². The van der Waals surface area contributed by atoms with E-state index in [9.17, 15) is 9.59 Å². The number of hydrogen-bond acceptors (Lipinski definition) is 4. The van der Waals surface area contributed by atoms with Crippen molar-refractivity contribution in [3.8, 4) is 0 Å².